The van der Waals surface area contributed by atoms with Crippen LogP contribution in [0.3, 0.4) is 0 Å². The highest BCUT2D eigenvalue weighted by Crippen LogP contribution is 2.21. The molecule has 0 amide bonds. The van der Waals surface area contributed by atoms with Gasteiger partial charge in [0.25, 0.3) is 0 Å². The molecule has 0 aromatic heterocycles. The summed E-state index contributed by atoms with van der Waals surface area (Å²) >= 11 is 6.72. The van der Waals surface area contributed by atoms with Crippen molar-refractivity contribution in [3.63, 3.8) is 0 Å². The van der Waals surface area contributed by atoms with E-state index in [4.69, 9.17) is 5.73 Å². The molecule has 0 unspecified atom stereocenters. The summed E-state index contributed by atoms with van der Waals surface area (Å²) in [6, 6.07) is 8.03. The van der Waals surface area contributed by atoms with Crippen LogP contribution in [0.4, 0.5) is 5.69 Å². The molecular formula is C11H16BrN3S2. The summed E-state index contributed by atoms with van der Waals surface area (Å²) in [6.45, 7) is 0. The lowest BCUT2D eigenvalue weighted by Crippen LogP contribution is -2.28. The number of nitrogens with zero attached hydrogens (tertiary/aromatic N) is 2. The average molecular weight is 334 g/mol. The highest BCUT2D eigenvalue weighted by atomic mass is 79.9. The van der Waals surface area contributed by atoms with E-state index in [0.29, 0.717) is 5.96 Å². The summed E-state index contributed by atoms with van der Waals surface area (Å²) in [5, 5.41) is 0.942. The van der Waals surface area contributed by atoms with Gasteiger partial charge in [-0.1, -0.05) is 22.0 Å². The van der Waals surface area contributed by atoms with Gasteiger partial charge in [0.1, 0.15) is 0 Å². The lowest BCUT2D eigenvalue weighted by molar-refractivity contribution is 0.829. The first-order valence-electron chi connectivity index (χ1n) is 5.08. The van der Waals surface area contributed by atoms with Crippen LogP contribution in [0.15, 0.2) is 34.2 Å². The van der Waals surface area contributed by atoms with Crippen LogP contribution in [-0.2, 0) is 0 Å². The van der Waals surface area contributed by atoms with Crippen LogP contribution in [0.2, 0.25) is 0 Å². The fourth-order valence-electron chi connectivity index (χ4n) is 1.12. The van der Waals surface area contributed by atoms with Gasteiger partial charge in [0.05, 0.1) is 5.69 Å². The van der Waals surface area contributed by atoms with E-state index in [-0.39, 0.29) is 0 Å². The average Bonchev–Trinajstić information content (AvgIpc) is 2.36. The van der Waals surface area contributed by atoms with Gasteiger partial charge in [-0.2, -0.15) is 0 Å². The van der Waals surface area contributed by atoms with Gasteiger partial charge in [0, 0.05) is 23.0 Å². The topological polar surface area (TPSA) is 41.6 Å². The van der Waals surface area contributed by atoms with Crippen molar-refractivity contribution in [2.45, 2.75) is 4.90 Å². The smallest absolute Gasteiger partial charge is 0.206 e. The van der Waals surface area contributed by atoms with E-state index in [1.54, 1.807) is 23.7 Å². The van der Waals surface area contributed by atoms with E-state index in [9.17, 15) is 0 Å². The molecule has 0 aliphatic carbocycles. The number of hydrogen-bond donors (Lipinski definition) is 1. The minimum atomic E-state index is 0.522. The summed E-state index contributed by atoms with van der Waals surface area (Å²) < 4.78 is 1.88. The first-order chi connectivity index (χ1) is 8.17. The third-order valence-corrected chi connectivity index (χ3v) is 4.59. The summed E-state index contributed by atoms with van der Waals surface area (Å²) in [5.41, 5.74) is 6.80. The molecule has 0 bridgehead atoms. The Morgan fingerprint density at radius 1 is 1.53 bits per heavy atom. The number of benzene rings is 1. The zero-order valence-electron chi connectivity index (χ0n) is 9.89. The maximum absolute atomic E-state index is 5.91. The molecule has 0 saturated heterocycles. The van der Waals surface area contributed by atoms with Crippen molar-refractivity contribution in [1.29, 1.82) is 0 Å². The predicted molar refractivity (Wildman–Crippen MR) is 83.5 cm³/mol. The molecule has 0 atom stereocenters. The molecule has 1 aromatic carbocycles. The number of nitrogens with two attached hydrogens (primary N) is 1. The first kappa shape index (κ1) is 14.7. The summed E-state index contributed by atoms with van der Waals surface area (Å²) in [5.74, 6) is 1.49. The van der Waals surface area contributed by atoms with E-state index >= 15 is 0 Å². The number of guanidine groups is 1. The van der Waals surface area contributed by atoms with Gasteiger partial charge in [0.15, 0.2) is 0 Å². The molecule has 6 heteroatoms. The number of aliphatic imine (C=N–C) groups is 1. The van der Waals surface area contributed by atoms with E-state index in [1.807, 2.05) is 35.8 Å². The maximum atomic E-state index is 5.91. The monoisotopic (exact) mass is 333 g/mol. The molecule has 0 spiro atoms. The molecule has 0 heterocycles. The molecule has 94 valence electrons. The minimum Gasteiger partial charge on any atom is -0.369 e. The Balaban J connectivity index is 2.72. The lowest BCUT2D eigenvalue weighted by atomic mass is 10.3. The Bertz CT molecular complexity index is 385. The fraction of sp³-hybridized carbons (Fsp3) is 0.364. The highest BCUT2D eigenvalue weighted by Gasteiger charge is 2.02. The zero-order chi connectivity index (χ0) is 12.7. The van der Waals surface area contributed by atoms with E-state index in [2.05, 4.69) is 27.0 Å². The molecule has 2 N–H and O–H groups in total. The van der Waals surface area contributed by atoms with Gasteiger partial charge in [-0.05, 0) is 36.4 Å². The fourth-order valence-corrected chi connectivity index (χ4v) is 2.52. The molecule has 1 rings (SSSR count). The largest absolute Gasteiger partial charge is 0.369 e. The first-order valence-corrected chi connectivity index (χ1v) is 8.37. The van der Waals surface area contributed by atoms with Crippen molar-refractivity contribution < 1.29 is 0 Å². The van der Waals surface area contributed by atoms with Crippen LogP contribution < -0.4 is 5.73 Å². The normalized spacial score (nSPS) is 11.6. The SMILES string of the molecule is CSc1cccc(N=C(N)N(C)SCCBr)c1. The molecular weight excluding hydrogens is 318 g/mol. The van der Waals surface area contributed by atoms with Crippen molar-refractivity contribution in [3.05, 3.63) is 24.3 Å². The third-order valence-electron chi connectivity index (χ3n) is 1.98. The lowest BCUT2D eigenvalue weighted by Gasteiger charge is -2.15. The van der Waals surface area contributed by atoms with Crippen molar-refractivity contribution in [2.75, 3.05) is 24.4 Å². The Morgan fingerprint density at radius 3 is 2.94 bits per heavy atom. The molecule has 0 aliphatic rings. The zero-order valence-corrected chi connectivity index (χ0v) is 13.1. The van der Waals surface area contributed by atoms with Crippen LogP contribution in [-0.4, -0.2) is 34.7 Å². The van der Waals surface area contributed by atoms with Crippen molar-refractivity contribution in [3.8, 4) is 0 Å². The van der Waals surface area contributed by atoms with Crippen LogP contribution in [0.5, 0.6) is 0 Å². The summed E-state index contributed by atoms with van der Waals surface area (Å²) in [4.78, 5) is 5.58. The second-order valence-electron chi connectivity index (χ2n) is 3.19. The van der Waals surface area contributed by atoms with Crippen LogP contribution in [0.25, 0.3) is 0 Å². The summed E-state index contributed by atoms with van der Waals surface area (Å²) in [6.07, 6.45) is 2.05. The van der Waals surface area contributed by atoms with E-state index in [0.717, 1.165) is 16.8 Å². The Kier molecular flexibility index (Phi) is 6.84. The Morgan fingerprint density at radius 2 is 2.29 bits per heavy atom. The second-order valence-corrected chi connectivity index (χ2v) is 6.08. The van der Waals surface area contributed by atoms with Gasteiger partial charge in [-0.25, -0.2) is 4.99 Å². The van der Waals surface area contributed by atoms with Gasteiger partial charge >= 0.3 is 0 Å². The quantitative estimate of drug-likeness (QED) is 0.295. The van der Waals surface area contributed by atoms with Gasteiger partial charge in [-0.15, -0.1) is 11.8 Å². The van der Waals surface area contributed by atoms with Crippen molar-refractivity contribution in [1.82, 2.24) is 4.31 Å². The number of hydrogen-bond acceptors (Lipinski definition) is 3. The van der Waals surface area contributed by atoms with Crippen LogP contribution in [0, 0.1) is 0 Å². The third kappa shape index (κ3) is 5.23. The molecule has 0 fully saturated rings. The maximum Gasteiger partial charge on any atom is 0.206 e. The minimum absolute atomic E-state index is 0.522. The number of rotatable bonds is 5. The molecule has 1 aromatic rings. The summed E-state index contributed by atoms with van der Waals surface area (Å²) in [7, 11) is 1.92. The van der Waals surface area contributed by atoms with Gasteiger partial charge in [-0.3, -0.25) is 4.31 Å². The second kappa shape index (κ2) is 7.89. The van der Waals surface area contributed by atoms with Crippen molar-refractivity contribution in [2.24, 2.45) is 10.7 Å². The predicted octanol–water partition coefficient (Wildman–Crippen LogP) is 3.33. The van der Waals surface area contributed by atoms with Crippen molar-refractivity contribution >= 4 is 51.3 Å². The van der Waals surface area contributed by atoms with Crippen LogP contribution in [0.1, 0.15) is 0 Å². The molecule has 0 aliphatic heterocycles. The molecule has 3 nitrogen and oxygen atoms in total. The van der Waals surface area contributed by atoms with E-state index in [1.165, 1.54) is 4.90 Å². The number of alkyl halides is 1. The van der Waals surface area contributed by atoms with Crippen LogP contribution >= 0.6 is 39.6 Å². The van der Waals surface area contributed by atoms with E-state index < -0.39 is 0 Å². The Hall–Kier alpha value is -0.330. The molecule has 0 radical (unpaired) electrons. The number of thioether (sulfide) groups is 1. The molecule has 17 heavy (non-hydrogen) atoms. The standard InChI is InChI=1S/C11H16BrN3S2/c1-15(17-7-6-12)11(13)14-9-4-3-5-10(8-9)16-2/h3-5,8H,6-7H2,1-2H3,(H2,13,14). The number of halogens is 1. The van der Waals surface area contributed by atoms with Gasteiger partial charge < -0.3 is 5.73 Å². The highest BCUT2D eigenvalue weighted by molar-refractivity contribution is 9.09. The van der Waals surface area contributed by atoms with Gasteiger partial charge in [0.2, 0.25) is 5.96 Å². The molecule has 0 saturated carbocycles. The Labute approximate surface area is 120 Å².